The number of halogens is 3. The first-order chi connectivity index (χ1) is 11.4. The number of hydrogen-bond acceptors (Lipinski definition) is 2. The van der Waals surface area contributed by atoms with E-state index in [2.05, 4.69) is 5.32 Å². The van der Waals surface area contributed by atoms with Crippen molar-refractivity contribution in [2.24, 2.45) is 0 Å². The Morgan fingerprint density at radius 3 is 2.62 bits per heavy atom. The summed E-state index contributed by atoms with van der Waals surface area (Å²) < 4.78 is 5.57. The summed E-state index contributed by atoms with van der Waals surface area (Å²) in [6.07, 6.45) is 1.75. The van der Waals surface area contributed by atoms with Crippen molar-refractivity contribution in [3.63, 3.8) is 0 Å². The summed E-state index contributed by atoms with van der Waals surface area (Å²) in [4.78, 5) is 12.3. The summed E-state index contributed by atoms with van der Waals surface area (Å²) in [6.45, 7) is 3.84. The summed E-state index contributed by atoms with van der Waals surface area (Å²) in [5, 5.41) is 5.25. The van der Waals surface area contributed by atoms with Crippen molar-refractivity contribution in [1.29, 1.82) is 0 Å². The molecule has 0 aliphatic heterocycles. The van der Waals surface area contributed by atoms with Crippen LogP contribution in [0.25, 0.3) is 11.0 Å². The predicted molar refractivity (Wildman–Crippen MR) is 99.5 cm³/mol. The van der Waals surface area contributed by atoms with Gasteiger partial charge in [0.1, 0.15) is 5.58 Å². The van der Waals surface area contributed by atoms with Gasteiger partial charge in [0.2, 0.25) is 5.91 Å². The van der Waals surface area contributed by atoms with Gasteiger partial charge in [-0.05, 0) is 49.2 Å². The monoisotopic (exact) mass is 381 g/mol. The maximum Gasteiger partial charge on any atom is 0.228 e. The molecule has 0 saturated carbocycles. The Bertz CT molecular complexity index is 947. The molecule has 124 valence electrons. The average Bonchev–Trinajstić information content (AvgIpc) is 2.90. The van der Waals surface area contributed by atoms with E-state index in [0.717, 1.165) is 27.7 Å². The lowest BCUT2D eigenvalue weighted by Gasteiger charge is -2.08. The molecular formula is C18H14Cl3NO2. The molecule has 3 nitrogen and oxygen atoms in total. The zero-order valence-corrected chi connectivity index (χ0v) is 15.3. The lowest BCUT2D eigenvalue weighted by Crippen LogP contribution is -2.14. The van der Waals surface area contributed by atoms with Crippen LogP contribution < -0.4 is 5.32 Å². The molecule has 0 fully saturated rings. The van der Waals surface area contributed by atoms with Crippen LogP contribution in [0.15, 0.2) is 34.9 Å². The molecule has 0 aliphatic carbocycles. The van der Waals surface area contributed by atoms with Gasteiger partial charge in [-0.3, -0.25) is 4.79 Å². The number of amides is 1. The Morgan fingerprint density at radius 2 is 1.92 bits per heavy atom. The van der Waals surface area contributed by atoms with E-state index in [1.807, 2.05) is 19.9 Å². The van der Waals surface area contributed by atoms with Crippen molar-refractivity contribution in [3.05, 3.63) is 62.3 Å². The summed E-state index contributed by atoms with van der Waals surface area (Å²) in [7, 11) is 0. The van der Waals surface area contributed by atoms with Crippen LogP contribution in [-0.4, -0.2) is 5.91 Å². The maximum absolute atomic E-state index is 12.3. The van der Waals surface area contributed by atoms with Crippen molar-refractivity contribution in [3.8, 4) is 0 Å². The second-order valence-electron chi connectivity index (χ2n) is 5.62. The highest BCUT2D eigenvalue weighted by atomic mass is 35.5. The number of nitrogens with one attached hydrogen (secondary N) is 1. The van der Waals surface area contributed by atoms with E-state index in [1.54, 1.807) is 24.5 Å². The van der Waals surface area contributed by atoms with Crippen LogP contribution in [0.5, 0.6) is 0 Å². The molecule has 0 spiro atoms. The van der Waals surface area contributed by atoms with E-state index in [4.69, 9.17) is 39.2 Å². The van der Waals surface area contributed by atoms with Crippen molar-refractivity contribution < 1.29 is 9.21 Å². The van der Waals surface area contributed by atoms with Gasteiger partial charge in [0.05, 0.1) is 23.4 Å². The number of aryl methyl sites for hydroxylation is 2. The molecule has 1 N–H and O–H groups in total. The maximum atomic E-state index is 12.3. The number of hydrogen-bond donors (Lipinski definition) is 1. The van der Waals surface area contributed by atoms with Crippen molar-refractivity contribution in [1.82, 2.24) is 0 Å². The molecule has 2 aromatic carbocycles. The molecule has 3 aromatic rings. The molecule has 0 atom stereocenters. The zero-order chi connectivity index (χ0) is 17.4. The number of benzene rings is 2. The van der Waals surface area contributed by atoms with Gasteiger partial charge < -0.3 is 9.73 Å². The van der Waals surface area contributed by atoms with Crippen molar-refractivity contribution >= 4 is 57.4 Å². The van der Waals surface area contributed by atoms with E-state index >= 15 is 0 Å². The molecule has 0 saturated heterocycles. The van der Waals surface area contributed by atoms with Crippen molar-refractivity contribution in [2.45, 2.75) is 20.3 Å². The molecule has 24 heavy (non-hydrogen) atoms. The number of carbonyl (C=O) groups excluding carboxylic acids is 1. The molecule has 0 aliphatic rings. The van der Waals surface area contributed by atoms with E-state index in [1.165, 1.54) is 0 Å². The third-order valence-electron chi connectivity index (χ3n) is 3.85. The molecule has 0 unspecified atom stereocenters. The molecule has 1 aromatic heterocycles. The van der Waals surface area contributed by atoms with Crippen LogP contribution in [0.2, 0.25) is 15.1 Å². The number of rotatable bonds is 3. The minimum absolute atomic E-state index is 0.159. The highest BCUT2D eigenvalue weighted by molar-refractivity contribution is 6.36. The number of anilines is 1. The van der Waals surface area contributed by atoms with Gasteiger partial charge in [-0.1, -0.05) is 34.8 Å². The summed E-state index contributed by atoms with van der Waals surface area (Å²) in [5.41, 5.74) is 3.88. The Hall–Kier alpha value is -1.68. The quantitative estimate of drug-likeness (QED) is 0.586. The molecular weight excluding hydrogens is 369 g/mol. The van der Waals surface area contributed by atoms with Gasteiger partial charge in [-0.2, -0.15) is 0 Å². The average molecular weight is 383 g/mol. The fourth-order valence-electron chi connectivity index (χ4n) is 2.70. The van der Waals surface area contributed by atoms with Crippen LogP contribution in [-0.2, 0) is 11.2 Å². The fraction of sp³-hybridized carbons (Fsp3) is 0.167. The Labute approximate surface area is 154 Å². The normalized spacial score (nSPS) is 11.0. The first-order valence-electron chi connectivity index (χ1n) is 7.27. The third-order valence-corrected chi connectivity index (χ3v) is 4.98. The summed E-state index contributed by atoms with van der Waals surface area (Å²) in [5.74, 6) is -0.196. The smallest absolute Gasteiger partial charge is 0.228 e. The highest BCUT2D eigenvalue weighted by Crippen LogP contribution is 2.33. The lowest BCUT2D eigenvalue weighted by molar-refractivity contribution is -0.115. The topological polar surface area (TPSA) is 42.2 Å². The molecule has 6 heteroatoms. The summed E-state index contributed by atoms with van der Waals surface area (Å²) >= 11 is 18.3. The van der Waals surface area contributed by atoms with Crippen LogP contribution in [0.3, 0.4) is 0 Å². The Morgan fingerprint density at radius 1 is 1.17 bits per heavy atom. The van der Waals surface area contributed by atoms with Crippen molar-refractivity contribution in [2.75, 3.05) is 5.32 Å². The first-order valence-corrected chi connectivity index (χ1v) is 8.41. The van der Waals surface area contributed by atoms with E-state index in [9.17, 15) is 4.79 Å². The zero-order valence-electron chi connectivity index (χ0n) is 13.0. The molecule has 1 heterocycles. The van der Waals surface area contributed by atoms with Gasteiger partial charge in [0.25, 0.3) is 0 Å². The summed E-state index contributed by atoms with van der Waals surface area (Å²) in [6, 6.07) is 6.80. The standard InChI is InChI=1S/C18H14Cl3NO2/c1-9-5-15-17(10(2)18(9)21)11(8-24-15)6-16(23)22-14-4-3-12(19)7-13(14)20/h3-5,7-8H,6H2,1-2H3,(H,22,23). The van der Waals surface area contributed by atoms with E-state index in [0.29, 0.717) is 20.8 Å². The van der Waals surface area contributed by atoms with Crippen LogP contribution >= 0.6 is 34.8 Å². The number of furan rings is 1. The van der Waals surface area contributed by atoms with E-state index in [-0.39, 0.29) is 12.3 Å². The minimum atomic E-state index is -0.196. The number of fused-ring (bicyclic) bond motifs is 1. The second-order valence-corrected chi connectivity index (χ2v) is 6.84. The molecule has 1 amide bonds. The van der Waals surface area contributed by atoms with Crippen LogP contribution in [0.1, 0.15) is 16.7 Å². The molecule has 0 bridgehead atoms. The second kappa shape index (κ2) is 6.67. The highest BCUT2D eigenvalue weighted by Gasteiger charge is 2.16. The van der Waals surface area contributed by atoms with E-state index < -0.39 is 0 Å². The Balaban J connectivity index is 1.87. The lowest BCUT2D eigenvalue weighted by atomic mass is 10.0. The largest absolute Gasteiger partial charge is 0.464 e. The van der Waals surface area contributed by atoms with Crippen LogP contribution in [0.4, 0.5) is 5.69 Å². The molecule has 0 radical (unpaired) electrons. The minimum Gasteiger partial charge on any atom is -0.464 e. The van der Waals surface area contributed by atoms with Gasteiger partial charge >= 0.3 is 0 Å². The van der Waals surface area contributed by atoms with Gasteiger partial charge in [0.15, 0.2) is 0 Å². The SMILES string of the molecule is Cc1cc2occ(CC(=O)Nc3ccc(Cl)cc3Cl)c2c(C)c1Cl. The predicted octanol–water partition coefficient (Wildman–Crippen LogP) is 6.19. The first kappa shape index (κ1) is 17.2. The van der Waals surface area contributed by atoms with Crippen LogP contribution in [0, 0.1) is 13.8 Å². The van der Waals surface area contributed by atoms with Gasteiger partial charge in [-0.15, -0.1) is 0 Å². The van der Waals surface area contributed by atoms with Gasteiger partial charge in [-0.25, -0.2) is 0 Å². The molecule has 3 rings (SSSR count). The fourth-order valence-corrected chi connectivity index (χ4v) is 3.30. The number of carbonyl (C=O) groups is 1. The third kappa shape index (κ3) is 3.25. The Kier molecular flexibility index (Phi) is 4.77. The van der Waals surface area contributed by atoms with Gasteiger partial charge in [0, 0.05) is 21.0 Å².